The monoisotopic (exact) mass is 350 g/mol. The Morgan fingerprint density at radius 1 is 0.808 bits per heavy atom. The summed E-state index contributed by atoms with van der Waals surface area (Å²) in [6.07, 6.45) is 0. The van der Waals surface area contributed by atoms with Crippen molar-refractivity contribution in [3.05, 3.63) is 53.6 Å². The molecule has 0 bridgehead atoms. The summed E-state index contributed by atoms with van der Waals surface area (Å²) < 4.78 is 1.85. The van der Waals surface area contributed by atoms with Gasteiger partial charge in [-0.05, 0) is 65.4 Å². The van der Waals surface area contributed by atoms with Crippen molar-refractivity contribution in [2.45, 2.75) is 39.5 Å². The molecule has 0 unspecified atom stereocenters. The second kappa shape index (κ2) is 6.87. The van der Waals surface area contributed by atoms with Crippen molar-refractivity contribution in [1.29, 1.82) is 0 Å². The molecule has 0 saturated carbocycles. The van der Waals surface area contributed by atoms with Crippen LogP contribution in [0.15, 0.2) is 42.5 Å². The molecular formula is C22H26N2O2. The van der Waals surface area contributed by atoms with Crippen LogP contribution >= 0.6 is 0 Å². The Kier molecular flexibility index (Phi) is 4.77. The molecule has 4 heteroatoms. The van der Waals surface area contributed by atoms with E-state index in [4.69, 9.17) is 0 Å². The highest BCUT2D eigenvalue weighted by atomic mass is 16.3. The van der Waals surface area contributed by atoms with E-state index in [0.717, 1.165) is 33.6 Å². The lowest BCUT2D eigenvalue weighted by Gasteiger charge is -2.17. The first kappa shape index (κ1) is 18.1. The van der Waals surface area contributed by atoms with Gasteiger partial charge in [-0.15, -0.1) is 0 Å². The molecule has 2 aromatic carbocycles. The summed E-state index contributed by atoms with van der Waals surface area (Å²) in [5.41, 5.74) is 5.75. The molecule has 0 aliphatic rings. The summed E-state index contributed by atoms with van der Waals surface area (Å²) in [5, 5.41) is 24.8. The number of aromatic nitrogens is 2. The maximum Gasteiger partial charge on any atom is 0.122 e. The molecule has 0 aliphatic carbocycles. The molecule has 3 aromatic rings. The first-order valence-electron chi connectivity index (χ1n) is 8.98. The summed E-state index contributed by atoms with van der Waals surface area (Å²) in [6.45, 7) is 8.35. The van der Waals surface area contributed by atoms with E-state index in [1.165, 1.54) is 0 Å². The van der Waals surface area contributed by atoms with Crippen molar-refractivity contribution in [2.75, 3.05) is 0 Å². The van der Waals surface area contributed by atoms with Crippen molar-refractivity contribution < 1.29 is 10.2 Å². The lowest BCUT2D eigenvalue weighted by Crippen LogP contribution is -1.98. The summed E-state index contributed by atoms with van der Waals surface area (Å²) in [4.78, 5) is 0. The topological polar surface area (TPSA) is 58.3 Å². The van der Waals surface area contributed by atoms with E-state index in [-0.39, 0.29) is 17.6 Å². The largest absolute Gasteiger partial charge is 0.508 e. The number of hydrogen-bond donors (Lipinski definition) is 2. The maximum atomic E-state index is 10.6. The summed E-state index contributed by atoms with van der Waals surface area (Å²) in [5.74, 6) is 1.10. The summed E-state index contributed by atoms with van der Waals surface area (Å²) in [7, 11) is 1.92. The van der Waals surface area contributed by atoms with Crippen LogP contribution in [0.1, 0.15) is 50.7 Å². The predicted molar refractivity (Wildman–Crippen MR) is 106 cm³/mol. The van der Waals surface area contributed by atoms with Crippen LogP contribution in [0.5, 0.6) is 11.5 Å². The van der Waals surface area contributed by atoms with Gasteiger partial charge in [-0.3, -0.25) is 4.68 Å². The van der Waals surface area contributed by atoms with Gasteiger partial charge in [0.15, 0.2) is 0 Å². The number of rotatable bonds is 4. The third kappa shape index (κ3) is 3.32. The van der Waals surface area contributed by atoms with Crippen LogP contribution in [0.25, 0.3) is 22.5 Å². The highest BCUT2D eigenvalue weighted by molar-refractivity contribution is 5.71. The molecule has 3 rings (SSSR count). The van der Waals surface area contributed by atoms with Crippen molar-refractivity contribution >= 4 is 0 Å². The van der Waals surface area contributed by atoms with Crippen LogP contribution < -0.4 is 0 Å². The fraction of sp³-hybridized carbons (Fsp3) is 0.318. The van der Waals surface area contributed by atoms with E-state index in [2.05, 4.69) is 32.8 Å². The molecule has 0 amide bonds. The van der Waals surface area contributed by atoms with Gasteiger partial charge in [0.25, 0.3) is 0 Å². The van der Waals surface area contributed by atoms with Gasteiger partial charge in [0.05, 0.1) is 11.4 Å². The molecule has 0 fully saturated rings. The number of phenolic OH excluding ortho intramolecular Hbond substituents is 2. The predicted octanol–water partition coefficient (Wildman–Crippen LogP) is 5.41. The van der Waals surface area contributed by atoms with E-state index >= 15 is 0 Å². The molecule has 26 heavy (non-hydrogen) atoms. The fourth-order valence-electron chi connectivity index (χ4n) is 3.22. The lowest BCUT2D eigenvalue weighted by molar-refractivity contribution is 0.454. The summed E-state index contributed by atoms with van der Waals surface area (Å²) >= 11 is 0. The zero-order valence-electron chi connectivity index (χ0n) is 16.0. The van der Waals surface area contributed by atoms with Crippen molar-refractivity contribution in [3.63, 3.8) is 0 Å². The van der Waals surface area contributed by atoms with Crippen LogP contribution in [0.3, 0.4) is 0 Å². The van der Waals surface area contributed by atoms with Crippen LogP contribution in [-0.2, 0) is 7.05 Å². The molecule has 0 aliphatic heterocycles. The van der Waals surface area contributed by atoms with Crippen LogP contribution in [-0.4, -0.2) is 20.0 Å². The van der Waals surface area contributed by atoms with Crippen LogP contribution in [0, 0.1) is 0 Å². The average molecular weight is 350 g/mol. The molecule has 4 nitrogen and oxygen atoms in total. The smallest absolute Gasteiger partial charge is 0.122 e. The van der Waals surface area contributed by atoms with Gasteiger partial charge < -0.3 is 10.2 Å². The highest BCUT2D eigenvalue weighted by Crippen LogP contribution is 2.38. The molecule has 0 spiro atoms. The first-order chi connectivity index (χ1) is 12.3. The van der Waals surface area contributed by atoms with E-state index in [1.54, 1.807) is 12.1 Å². The zero-order chi connectivity index (χ0) is 19.0. The third-order valence-corrected chi connectivity index (χ3v) is 4.75. The third-order valence-electron chi connectivity index (χ3n) is 4.75. The van der Waals surface area contributed by atoms with Crippen molar-refractivity contribution in [1.82, 2.24) is 9.78 Å². The summed E-state index contributed by atoms with van der Waals surface area (Å²) in [6, 6.07) is 13.2. The number of hydrogen-bond acceptors (Lipinski definition) is 3. The minimum absolute atomic E-state index is 0.229. The molecule has 1 heterocycles. The Morgan fingerprint density at radius 3 is 1.85 bits per heavy atom. The average Bonchev–Trinajstić information content (AvgIpc) is 2.97. The van der Waals surface area contributed by atoms with Crippen molar-refractivity contribution in [2.24, 2.45) is 7.05 Å². The highest BCUT2D eigenvalue weighted by Gasteiger charge is 2.18. The van der Waals surface area contributed by atoms with E-state index in [1.807, 2.05) is 42.1 Å². The molecular weight excluding hydrogens is 324 g/mol. The Labute approximate surface area is 154 Å². The molecule has 136 valence electrons. The minimum Gasteiger partial charge on any atom is -0.508 e. The fourth-order valence-corrected chi connectivity index (χ4v) is 3.22. The molecule has 2 N–H and O–H groups in total. The number of aromatic hydroxyl groups is 2. The number of phenols is 2. The Hall–Kier alpha value is -2.75. The Morgan fingerprint density at radius 2 is 1.35 bits per heavy atom. The van der Waals surface area contributed by atoms with Gasteiger partial charge >= 0.3 is 0 Å². The normalized spacial score (nSPS) is 11.5. The number of benzene rings is 2. The van der Waals surface area contributed by atoms with Crippen molar-refractivity contribution in [3.8, 4) is 34.0 Å². The van der Waals surface area contributed by atoms with Gasteiger partial charge in [-0.1, -0.05) is 27.7 Å². The Bertz CT molecular complexity index is 893. The molecule has 1 aromatic heterocycles. The minimum atomic E-state index is 0.229. The standard InChI is InChI=1S/C22H26N2O2/c1-13(2)18-10-16(11-19(14(3)4)22(18)26)20-12-21(24(5)23-20)15-6-8-17(25)9-7-15/h6-14,25-26H,1-5H3. The van der Waals surface area contributed by atoms with Gasteiger partial charge in [-0.25, -0.2) is 0 Å². The maximum absolute atomic E-state index is 10.6. The number of nitrogens with zero attached hydrogens (tertiary/aromatic N) is 2. The van der Waals surface area contributed by atoms with Gasteiger partial charge in [0, 0.05) is 18.2 Å². The van der Waals surface area contributed by atoms with E-state index in [0.29, 0.717) is 5.75 Å². The zero-order valence-corrected chi connectivity index (χ0v) is 16.0. The SMILES string of the molecule is CC(C)c1cc(-c2cc(-c3ccc(O)cc3)n(C)n2)cc(C(C)C)c1O. The molecule has 0 saturated heterocycles. The quantitative estimate of drug-likeness (QED) is 0.661. The van der Waals surface area contributed by atoms with Crippen LogP contribution in [0.4, 0.5) is 0 Å². The molecule has 0 radical (unpaired) electrons. The van der Waals surface area contributed by atoms with Gasteiger partial charge in [0.1, 0.15) is 11.5 Å². The second-order valence-electron chi connectivity index (χ2n) is 7.40. The first-order valence-corrected chi connectivity index (χ1v) is 8.98. The van der Waals surface area contributed by atoms with E-state index < -0.39 is 0 Å². The van der Waals surface area contributed by atoms with Crippen LogP contribution in [0.2, 0.25) is 0 Å². The molecule has 0 atom stereocenters. The second-order valence-corrected chi connectivity index (χ2v) is 7.40. The Balaban J connectivity index is 2.12. The van der Waals surface area contributed by atoms with E-state index in [9.17, 15) is 10.2 Å². The lowest BCUT2D eigenvalue weighted by atomic mass is 9.90. The van der Waals surface area contributed by atoms with Gasteiger partial charge in [-0.2, -0.15) is 5.10 Å². The van der Waals surface area contributed by atoms with Gasteiger partial charge in [0.2, 0.25) is 0 Å². The number of aryl methyl sites for hydroxylation is 1.